The van der Waals surface area contributed by atoms with Crippen LogP contribution in [0.15, 0.2) is 36.4 Å². The minimum atomic E-state index is -4.50. The molecule has 0 saturated carbocycles. The quantitative estimate of drug-likeness (QED) is 0.735. The molecule has 2 N–H and O–H groups in total. The van der Waals surface area contributed by atoms with Crippen molar-refractivity contribution in [3.05, 3.63) is 53.2 Å². The highest BCUT2D eigenvalue weighted by molar-refractivity contribution is 6.04. The standard InChI is InChI=1S/C18H14F3N3O3/c19-18(20,21)11-4-5-13-12(8-11)15(24-23-13)17(25)22-9-10-2-1-3-14-16(10)27-7-6-26-14/h1-5,8H,6-7,9H2,(H,22,25)(H,23,24). The lowest BCUT2D eigenvalue weighted by atomic mass is 10.1. The zero-order valence-electron chi connectivity index (χ0n) is 13.9. The lowest BCUT2D eigenvalue weighted by Crippen LogP contribution is -2.25. The Morgan fingerprint density at radius 2 is 2.00 bits per heavy atom. The minimum absolute atomic E-state index is 0.0990. The summed E-state index contributed by atoms with van der Waals surface area (Å²) < 4.78 is 49.8. The van der Waals surface area contributed by atoms with Crippen molar-refractivity contribution in [3.63, 3.8) is 0 Å². The number of hydrogen-bond donors (Lipinski definition) is 2. The highest BCUT2D eigenvalue weighted by atomic mass is 19.4. The van der Waals surface area contributed by atoms with Gasteiger partial charge in [0.2, 0.25) is 0 Å². The van der Waals surface area contributed by atoms with Crippen molar-refractivity contribution in [2.24, 2.45) is 0 Å². The van der Waals surface area contributed by atoms with E-state index < -0.39 is 17.6 Å². The predicted octanol–water partition coefficient (Wildman–Crippen LogP) is 3.28. The Kier molecular flexibility index (Phi) is 4.14. The first kappa shape index (κ1) is 17.2. The molecule has 0 bridgehead atoms. The summed E-state index contributed by atoms with van der Waals surface area (Å²) in [6.45, 7) is 0.977. The average Bonchev–Trinajstić information content (AvgIpc) is 3.08. The van der Waals surface area contributed by atoms with Crippen molar-refractivity contribution in [1.82, 2.24) is 15.5 Å². The van der Waals surface area contributed by atoms with Crippen LogP contribution in [0, 0.1) is 0 Å². The molecule has 9 heteroatoms. The van der Waals surface area contributed by atoms with Crippen molar-refractivity contribution in [1.29, 1.82) is 0 Å². The second kappa shape index (κ2) is 6.49. The Hall–Kier alpha value is -3.23. The number of aromatic nitrogens is 2. The van der Waals surface area contributed by atoms with E-state index in [1.807, 2.05) is 0 Å². The topological polar surface area (TPSA) is 76.2 Å². The molecule has 1 aliphatic heterocycles. The average molecular weight is 377 g/mol. The van der Waals surface area contributed by atoms with Crippen LogP contribution in [-0.4, -0.2) is 29.3 Å². The van der Waals surface area contributed by atoms with Crippen molar-refractivity contribution in [2.45, 2.75) is 12.7 Å². The van der Waals surface area contributed by atoms with E-state index in [9.17, 15) is 18.0 Å². The third-order valence-corrected chi connectivity index (χ3v) is 4.19. The van der Waals surface area contributed by atoms with E-state index in [1.165, 1.54) is 6.07 Å². The van der Waals surface area contributed by atoms with Crippen molar-refractivity contribution in [2.75, 3.05) is 13.2 Å². The molecule has 27 heavy (non-hydrogen) atoms. The Labute approximate surface area is 151 Å². The molecule has 0 radical (unpaired) electrons. The molecule has 1 aliphatic rings. The number of para-hydroxylation sites is 1. The number of ether oxygens (including phenoxy) is 2. The summed E-state index contributed by atoms with van der Waals surface area (Å²) in [5, 5.41) is 9.20. The number of aromatic amines is 1. The van der Waals surface area contributed by atoms with E-state index in [0.29, 0.717) is 35.8 Å². The van der Waals surface area contributed by atoms with E-state index in [-0.39, 0.29) is 17.6 Å². The molecule has 0 aliphatic carbocycles. The Morgan fingerprint density at radius 3 is 2.81 bits per heavy atom. The van der Waals surface area contributed by atoms with Gasteiger partial charge < -0.3 is 14.8 Å². The molecule has 2 aromatic carbocycles. The van der Waals surface area contributed by atoms with Crippen LogP contribution in [0.4, 0.5) is 13.2 Å². The number of carbonyl (C=O) groups is 1. The number of amides is 1. The third kappa shape index (κ3) is 3.27. The van der Waals surface area contributed by atoms with Crippen molar-refractivity contribution in [3.8, 4) is 11.5 Å². The van der Waals surface area contributed by atoms with Gasteiger partial charge in [0.05, 0.1) is 11.1 Å². The molecule has 0 atom stereocenters. The van der Waals surface area contributed by atoms with Crippen LogP contribution in [0.25, 0.3) is 10.9 Å². The van der Waals surface area contributed by atoms with Crippen LogP contribution in [0.1, 0.15) is 21.6 Å². The number of alkyl halides is 3. The largest absolute Gasteiger partial charge is 0.486 e. The van der Waals surface area contributed by atoms with Gasteiger partial charge in [0.15, 0.2) is 17.2 Å². The van der Waals surface area contributed by atoms with Crippen LogP contribution in [0.3, 0.4) is 0 Å². The fourth-order valence-corrected chi connectivity index (χ4v) is 2.90. The number of hydrogen-bond acceptors (Lipinski definition) is 4. The number of H-pyrrole nitrogens is 1. The SMILES string of the molecule is O=C(NCc1cccc2c1OCCO2)c1n[nH]c2ccc(C(F)(F)F)cc12. The van der Waals surface area contributed by atoms with Crippen LogP contribution in [-0.2, 0) is 12.7 Å². The van der Waals surface area contributed by atoms with Gasteiger partial charge in [0.1, 0.15) is 13.2 Å². The smallest absolute Gasteiger partial charge is 0.416 e. The molecule has 6 nitrogen and oxygen atoms in total. The summed E-state index contributed by atoms with van der Waals surface area (Å²) in [5.74, 6) is 0.554. The highest BCUT2D eigenvalue weighted by Gasteiger charge is 2.31. The molecule has 140 valence electrons. The number of nitrogens with one attached hydrogen (secondary N) is 2. The summed E-state index contributed by atoms with van der Waals surface area (Å²) in [7, 11) is 0. The number of benzene rings is 2. The molecular formula is C18H14F3N3O3. The van der Waals surface area contributed by atoms with Gasteiger partial charge in [-0.05, 0) is 24.3 Å². The molecule has 0 fully saturated rings. The normalized spacial score (nSPS) is 13.6. The maximum Gasteiger partial charge on any atom is 0.416 e. The zero-order valence-corrected chi connectivity index (χ0v) is 13.9. The molecule has 1 amide bonds. The van der Waals surface area contributed by atoms with E-state index in [0.717, 1.165) is 12.1 Å². The zero-order chi connectivity index (χ0) is 19.0. The maximum atomic E-state index is 12.9. The van der Waals surface area contributed by atoms with Gasteiger partial charge in [-0.3, -0.25) is 9.89 Å². The summed E-state index contributed by atoms with van der Waals surface area (Å²) in [4.78, 5) is 12.5. The lowest BCUT2D eigenvalue weighted by molar-refractivity contribution is -0.137. The molecule has 0 spiro atoms. The van der Waals surface area contributed by atoms with Gasteiger partial charge in [-0.15, -0.1) is 0 Å². The molecule has 0 unspecified atom stereocenters. The fraction of sp³-hybridized carbons (Fsp3) is 0.222. The van der Waals surface area contributed by atoms with Crippen molar-refractivity contribution >= 4 is 16.8 Å². The first-order chi connectivity index (χ1) is 12.9. The number of halogens is 3. The number of rotatable bonds is 3. The number of nitrogens with zero attached hydrogens (tertiary/aromatic N) is 1. The van der Waals surface area contributed by atoms with Gasteiger partial charge in [-0.25, -0.2) is 0 Å². The van der Waals surface area contributed by atoms with Gasteiger partial charge >= 0.3 is 6.18 Å². The molecule has 4 rings (SSSR count). The minimum Gasteiger partial charge on any atom is -0.486 e. The molecule has 2 heterocycles. The van der Waals surface area contributed by atoms with E-state index >= 15 is 0 Å². The molecule has 1 aromatic heterocycles. The first-order valence-corrected chi connectivity index (χ1v) is 8.14. The fourth-order valence-electron chi connectivity index (χ4n) is 2.90. The van der Waals surface area contributed by atoms with E-state index in [1.54, 1.807) is 18.2 Å². The monoisotopic (exact) mass is 377 g/mol. The maximum absolute atomic E-state index is 12.9. The van der Waals surface area contributed by atoms with Gasteiger partial charge in [0, 0.05) is 17.5 Å². The number of carbonyl (C=O) groups excluding carboxylic acids is 1. The third-order valence-electron chi connectivity index (χ3n) is 4.19. The Morgan fingerprint density at radius 1 is 1.19 bits per heavy atom. The highest BCUT2D eigenvalue weighted by Crippen LogP contribution is 2.34. The molecule has 0 saturated heterocycles. The first-order valence-electron chi connectivity index (χ1n) is 8.14. The van der Waals surface area contributed by atoms with Crippen LogP contribution in [0.2, 0.25) is 0 Å². The summed E-state index contributed by atoms with van der Waals surface area (Å²) >= 11 is 0. The molecule has 3 aromatic rings. The summed E-state index contributed by atoms with van der Waals surface area (Å²) in [6.07, 6.45) is -4.50. The second-order valence-corrected chi connectivity index (χ2v) is 5.95. The van der Waals surface area contributed by atoms with E-state index in [4.69, 9.17) is 9.47 Å². The van der Waals surface area contributed by atoms with Crippen LogP contribution < -0.4 is 14.8 Å². The predicted molar refractivity (Wildman–Crippen MR) is 89.7 cm³/mol. The molecular weight excluding hydrogens is 363 g/mol. The van der Waals surface area contributed by atoms with Gasteiger partial charge in [-0.1, -0.05) is 12.1 Å². The van der Waals surface area contributed by atoms with Gasteiger partial charge in [0.25, 0.3) is 5.91 Å². The summed E-state index contributed by atoms with van der Waals surface area (Å²) in [6, 6.07) is 8.41. The van der Waals surface area contributed by atoms with Gasteiger partial charge in [-0.2, -0.15) is 18.3 Å². The Bertz CT molecular complexity index is 1010. The lowest BCUT2D eigenvalue weighted by Gasteiger charge is -2.21. The second-order valence-electron chi connectivity index (χ2n) is 5.95. The van der Waals surface area contributed by atoms with E-state index in [2.05, 4.69) is 15.5 Å². The number of fused-ring (bicyclic) bond motifs is 2. The Balaban J connectivity index is 1.57. The van der Waals surface area contributed by atoms with Crippen molar-refractivity contribution < 1.29 is 27.4 Å². The summed E-state index contributed by atoms with van der Waals surface area (Å²) in [5.41, 5.74) is 0.115. The van der Waals surface area contributed by atoms with Crippen LogP contribution in [0.5, 0.6) is 11.5 Å². The van der Waals surface area contributed by atoms with Crippen LogP contribution >= 0.6 is 0 Å².